The Bertz CT molecular complexity index is 804. The first-order valence-corrected chi connectivity index (χ1v) is 7.33. The Hall–Kier alpha value is -2.76. The third-order valence-electron chi connectivity index (χ3n) is 4.06. The number of aryl methyl sites for hydroxylation is 2. The molecule has 0 saturated carbocycles. The number of anilines is 1. The molecule has 3 rings (SSSR count). The third-order valence-corrected chi connectivity index (χ3v) is 4.06. The number of nitro benzene ring substituents is 1. The summed E-state index contributed by atoms with van der Waals surface area (Å²) in [5.41, 5.74) is 1.70. The summed E-state index contributed by atoms with van der Waals surface area (Å²) in [5.74, 6) is -0.771. The number of hydrogen-bond donors (Lipinski definition) is 0. The van der Waals surface area contributed by atoms with Crippen molar-refractivity contribution < 1.29 is 14.1 Å². The van der Waals surface area contributed by atoms with Crippen molar-refractivity contribution >= 4 is 17.3 Å². The highest BCUT2D eigenvalue weighted by molar-refractivity contribution is 6.09. The molecule has 0 aliphatic carbocycles. The SMILES string of the molecule is Cc1cccc(C(=O)N2CCCc3cc(F)ccc32)c1[N+](=O)[O-]. The Kier molecular flexibility index (Phi) is 3.82. The fourth-order valence-corrected chi connectivity index (χ4v) is 3.00. The molecule has 0 aromatic heterocycles. The average molecular weight is 314 g/mol. The number of halogens is 1. The van der Waals surface area contributed by atoms with Crippen LogP contribution in [0.3, 0.4) is 0 Å². The van der Waals surface area contributed by atoms with Crippen LogP contribution in [0.5, 0.6) is 0 Å². The van der Waals surface area contributed by atoms with Gasteiger partial charge in [0.05, 0.1) is 4.92 Å². The Morgan fingerprint density at radius 3 is 2.83 bits per heavy atom. The Morgan fingerprint density at radius 2 is 2.09 bits per heavy atom. The fraction of sp³-hybridized carbons (Fsp3) is 0.235. The lowest BCUT2D eigenvalue weighted by Gasteiger charge is -2.29. The van der Waals surface area contributed by atoms with Gasteiger partial charge in [0.15, 0.2) is 0 Å². The van der Waals surface area contributed by atoms with Crippen LogP contribution in [0.1, 0.15) is 27.9 Å². The van der Waals surface area contributed by atoms with Gasteiger partial charge in [0.1, 0.15) is 11.4 Å². The molecule has 2 aromatic carbocycles. The van der Waals surface area contributed by atoms with E-state index in [1.165, 1.54) is 23.1 Å². The molecule has 23 heavy (non-hydrogen) atoms. The second-order valence-corrected chi connectivity index (χ2v) is 5.56. The second kappa shape index (κ2) is 5.79. The van der Waals surface area contributed by atoms with Crippen LogP contribution < -0.4 is 4.90 Å². The van der Waals surface area contributed by atoms with Gasteiger partial charge in [-0.15, -0.1) is 0 Å². The maximum Gasteiger partial charge on any atom is 0.285 e. The largest absolute Gasteiger partial charge is 0.308 e. The van der Waals surface area contributed by atoms with Crippen molar-refractivity contribution in [3.8, 4) is 0 Å². The van der Waals surface area contributed by atoms with Crippen molar-refractivity contribution in [3.63, 3.8) is 0 Å². The van der Waals surface area contributed by atoms with Crippen LogP contribution in [-0.2, 0) is 6.42 Å². The van der Waals surface area contributed by atoms with Gasteiger partial charge in [-0.2, -0.15) is 0 Å². The normalized spacial score (nSPS) is 13.6. The van der Waals surface area contributed by atoms with E-state index in [4.69, 9.17) is 0 Å². The number of fused-ring (bicyclic) bond motifs is 1. The fourth-order valence-electron chi connectivity index (χ4n) is 3.00. The lowest BCUT2D eigenvalue weighted by atomic mass is 9.99. The quantitative estimate of drug-likeness (QED) is 0.628. The molecule has 0 saturated heterocycles. The number of amides is 1. The van der Waals surface area contributed by atoms with Crippen molar-refractivity contribution in [1.82, 2.24) is 0 Å². The van der Waals surface area contributed by atoms with Crippen molar-refractivity contribution in [1.29, 1.82) is 0 Å². The first-order chi connectivity index (χ1) is 11.0. The number of hydrogen-bond acceptors (Lipinski definition) is 3. The summed E-state index contributed by atoms with van der Waals surface area (Å²) in [6, 6.07) is 8.97. The molecule has 2 aromatic rings. The van der Waals surface area contributed by atoms with Crippen LogP contribution in [0.2, 0.25) is 0 Å². The number of para-hydroxylation sites is 1. The number of carbonyl (C=O) groups is 1. The predicted octanol–water partition coefficient (Wildman–Crippen LogP) is 3.64. The van der Waals surface area contributed by atoms with Crippen molar-refractivity contribution in [3.05, 3.63) is 69.0 Å². The van der Waals surface area contributed by atoms with Gasteiger partial charge in [0.2, 0.25) is 0 Å². The Morgan fingerprint density at radius 1 is 1.30 bits per heavy atom. The highest BCUT2D eigenvalue weighted by Gasteiger charge is 2.29. The number of nitrogens with zero attached hydrogens (tertiary/aromatic N) is 2. The molecule has 1 aliphatic rings. The molecule has 6 heteroatoms. The molecular formula is C17H15FN2O3. The lowest BCUT2D eigenvalue weighted by Crippen LogP contribution is -2.36. The predicted molar refractivity (Wildman–Crippen MR) is 84.2 cm³/mol. The molecule has 0 spiro atoms. The number of benzene rings is 2. The van der Waals surface area contributed by atoms with Crippen LogP contribution in [0.4, 0.5) is 15.8 Å². The van der Waals surface area contributed by atoms with Crippen molar-refractivity contribution in [2.75, 3.05) is 11.4 Å². The summed E-state index contributed by atoms with van der Waals surface area (Å²) in [7, 11) is 0. The minimum Gasteiger partial charge on any atom is -0.308 e. The first kappa shape index (κ1) is 15.1. The van der Waals surface area contributed by atoms with E-state index in [1.54, 1.807) is 25.1 Å². The molecular weight excluding hydrogens is 299 g/mol. The molecule has 1 amide bonds. The highest BCUT2D eigenvalue weighted by Crippen LogP contribution is 2.31. The standard InChI is InChI=1S/C17H15FN2O3/c1-11-4-2-6-14(16(11)20(22)23)17(21)19-9-3-5-12-10-13(18)7-8-15(12)19/h2,4,6-8,10H,3,5,9H2,1H3. The van der Waals surface area contributed by atoms with E-state index in [9.17, 15) is 19.3 Å². The molecule has 0 fully saturated rings. The van der Waals surface area contributed by atoms with Gasteiger partial charge in [-0.3, -0.25) is 14.9 Å². The van der Waals surface area contributed by atoms with Gasteiger partial charge in [-0.25, -0.2) is 4.39 Å². The van der Waals surface area contributed by atoms with Crippen LogP contribution in [0.25, 0.3) is 0 Å². The van der Waals surface area contributed by atoms with E-state index in [1.807, 2.05) is 0 Å². The maximum atomic E-state index is 13.4. The molecule has 5 nitrogen and oxygen atoms in total. The van der Waals surface area contributed by atoms with Crippen molar-refractivity contribution in [2.24, 2.45) is 0 Å². The first-order valence-electron chi connectivity index (χ1n) is 7.33. The third kappa shape index (κ3) is 2.67. The number of carbonyl (C=O) groups excluding carboxylic acids is 1. The average Bonchev–Trinajstić information content (AvgIpc) is 2.52. The van der Waals surface area contributed by atoms with Gasteiger partial charge in [-0.1, -0.05) is 12.1 Å². The highest BCUT2D eigenvalue weighted by atomic mass is 19.1. The molecule has 1 aliphatic heterocycles. The summed E-state index contributed by atoms with van der Waals surface area (Å²) in [6.07, 6.45) is 1.38. The van der Waals surface area contributed by atoms with Gasteiger partial charge < -0.3 is 4.90 Å². The zero-order chi connectivity index (χ0) is 16.6. The van der Waals surface area contributed by atoms with Gasteiger partial charge in [0.25, 0.3) is 11.6 Å². The molecule has 0 N–H and O–H groups in total. The topological polar surface area (TPSA) is 63.5 Å². The minimum atomic E-state index is -0.530. The second-order valence-electron chi connectivity index (χ2n) is 5.56. The van der Waals surface area contributed by atoms with E-state index in [0.717, 1.165) is 5.56 Å². The molecule has 1 heterocycles. The summed E-state index contributed by atoms with van der Waals surface area (Å²) >= 11 is 0. The van der Waals surface area contributed by atoms with E-state index in [-0.39, 0.29) is 17.1 Å². The summed E-state index contributed by atoms with van der Waals surface area (Å²) in [6.45, 7) is 2.07. The van der Waals surface area contributed by atoms with E-state index in [0.29, 0.717) is 30.6 Å². The van der Waals surface area contributed by atoms with E-state index < -0.39 is 10.8 Å². The van der Waals surface area contributed by atoms with Crippen LogP contribution in [-0.4, -0.2) is 17.4 Å². The van der Waals surface area contributed by atoms with Gasteiger partial charge >= 0.3 is 0 Å². The molecule has 0 radical (unpaired) electrons. The smallest absolute Gasteiger partial charge is 0.285 e. The van der Waals surface area contributed by atoms with Gasteiger partial charge in [0, 0.05) is 17.8 Å². The van der Waals surface area contributed by atoms with E-state index >= 15 is 0 Å². The summed E-state index contributed by atoms with van der Waals surface area (Å²) in [5, 5.41) is 11.3. The number of rotatable bonds is 2. The van der Waals surface area contributed by atoms with Crippen molar-refractivity contribution in [2.45, 2.75) is 19.8 Å². The summed E-state index contributed by atoms with van der Waals surface area (Å²) in [4.78, 5) is 25.1. The number of nitro groups is 1. The van der Waals surface area contributed by atoms with Crippen LogP contribution in [0.15, 0.2) is 36.4 Å². The zero-order valence-corrected chi connectivity index (χ0v) is 12.6. The van der Waals surface area contributed by atoms with Crippen LogP contribution >= 0.6 is 0 Å². The maximum absolute atomic E-state index is 13.4. The molecule has 0 bridgehead atoms. The zero-order valence-electron chi connectivity index (χ0n) is 12.6. The summed E-state index contributed by atoms with van der Waals surface area (Å²) < 4.78 is 13.4. The Balaban J connectivity index is 2.07. The Labute approximate surface area is 132 Å². The van der Waals surface area contributed by atoms with Gasteiger partial charge in [-0.05, 0) is 49.6 Å². The van der Waals surface area contributed by atoms with Crippen LogP contribution in [0, 0.1) is 22.9 Å². The molecule has 0 unspecified atom stereocenters. The lowest BCUT2D eigenvalue weighted by molar-refractivity contribution is -0.385. The van der Waals surface area contributed by atoms with E-state index in [2.05, 4.69) is 0 Å². The molecule has 118 valence electrons. The molecule has 0 atom stereocenters. The monoisotopic (exact) mass is 314 g/mol. The minimum absolute atomic E-state index is 0.0622.